The normalized spacial score (nSPS) is 26.5. The molecule has 1 saturated carbocycles. The van der Waals surface area contributed by atoms with Crippen molar-refractivity contribution < 1.29 is 14.0 Å². The molecule has 2 aromatic rings. The maximum Gasteiger partial charge on any atom is 0.260 e. The molecule has 7 heteroatoms. The van der Waals surface area contributed by atoms with Gasteiger partial charge in [-0.05, 0) is 75.8 Å². The second kappa shape index (κ2) is 13.3. The number of piperidine rings is 1. The number of amides is 2. The predicted octanol–water partition coefficient (Wildman–Crippen LogP) is 6.64. The number of halogens is 1. The Morgan fingerprint density at radius 3 is 2.48 bits per heavy atom. The Hall–Kier alpha value is -2.64. The molecule has 3 fully saturated rings. The third kappa shape index (κ3) is 6.80. The molecule has 2 heterocycles. The van der Waals surface area contributed by atoms with Gasteiger partial charge in [0.1, 0.15) is 5.82 Å². The Morgan fingerprint density at radius 1 is 1.00 bits per heavy atom. The van der Waals surface area contributed by atoms with Crippen LogP contribution < -0.4 is 5.32 Å². The van der Waals surface area contributed by atoms with E-state index in [4.69, 9.17) is 0 Å². The van der Waals surface area contributed by atoms with Crippen molar-refractivity contribution >= 4 is 29.7 Å². The number of thioether (sulfide) groups is 1. The number of likely N-dealkylation sites (tertiary alicyclic amines) is 1. The zero-order valence-electron chi connectivity index (χ0n) is 23.8. The fraction of sp³-hybridized carbons (Fsp3) is 0.515. The molecule has 0 aromatic heterocycles. The van der Waals surface area contributed by atoms with Crippen molar-refractivity contribution in [1.29, 1.82) is 0 Å². The Bertz CT molecular complexity index is 1210. The Labute approximate surface area is 242 Å². The molecule has 1 N–H and O–H groups in total. The van der Waals surface area contributed by atoms with E-state index >= 15 is 0 Å². The molecule has 214 valence electrons. The van der Waals surface area contributed by atoms with Crippen LogP contribution in [0.4, 0.5) is 4.39 Å². The average Bonchev–Trinajstić information content (AvgIpc) is 2.96. The monoisotopic (exact) mass is 563 g/mol. The number of hydrogen-bond donors (Lipinski definition) is 1. The molecule has 2 aliphatic heterocycles. The minimum absolute atomic E-state index is 0.0319. The van der Waals surface area contributed by atoms with Crippen molar-refractivity contribution in [3.05, 3.63) is 75.9 Å². The van der Waals surface area contributed by atoms with Crippen LogP contribution in [-0.4, -0.2) is 58.1 Å². The second-order valence-electron chi connectivity index (χ2n) is 11.6. The molecule has 2 saturated heterocycles. The first-order chi connectivity index (χ1) is 19.4. The van der Waals surface area contributed by atoms with Crippen LogP contribution in [0.25, 0.3) is 6.08 Å². The van der Waals surface area contributed by atoms with E-state index in [1.807, 2.05) is 41.3 Å². The Kier molecular flexibility index (Phi) is 9.63. The van der Waals surface area contributed by atoms with Gasteiger partial charge in [-0.1, -0.05) is 49.6 Å². The third-order valence-electron chi connectivity index (χ3n) is 8.84. The standard InChI is InChI=1S/C33H42FN3O2S/c1-23-9-7-10-24(2)36(23)20-8-19-35-32(38)26-17-15-25(16-18-26)21-31-33(39)37(22-27-11-3-4-12-28(27)34)29-13-5-6-14-30(29)40-31/h3-4,11-12,15-18,21,23-24,29-30H,5-10,13-14,19-20,22H2,1-2H3,(H,35,38)/b31-21-. The lowest BCUT2D eigenvalue weighted by Gasteiger charge is -2.44. The van der Waals surface area contributed by atoms with Crippen LogP contribution in [0.3, 0.4) is 0 Å². The molecular formula is C33H42FN3O2S. The third-order valence-corrected chi connectivity index (χ3v) is 10.2. The fourth-order valence-electron chi connectivity index (χ4n) is 6.54. The molecule has 0 spiro atoms. The smallest absolute Gasteiger partial charge is 0.260 e. The SMILES string of the molecule is CC1CCCC(C)N1CCCNC(=O)c1ccc(/C=C2\SC3CCCCC3N(Cc3ccccc3F)C2=O)cc1. The molecule has 4 unspecified atom stereocenters. The van der Waals surface area contributed by atoms with Gasteiger partial charge in [-0.3, -0.25) is 14.5 Å². The first-order valence-corrected chi connectivity index (χ1v) is 15.9. The summed E-state index contributed by atoms with van der Waals surface area (Å²) in [4.78, 5) is 31.5. The summed E-state index contributed by atoms with van der Waals surface area (Å²) in [5.41, 5.74) is 2.07. The van der Waals surface area contributed by atoms with Crippen LogP contribution >= 0.6 is 11.8 Å². The predicted molar refractivity (Wildman–Crippen MR) is 161 cm³/mol. The number of carbonyl (C=O) groups is 2. The van der Waals surface area contributed by atoms with Crippen LogP contribution in [0.1, 0.15) is 86.7 Å². The molecule has 3 aliphatic rings. The summed E-state index contributed by atoms with van der Waals surface area (Å²) >= 11 is 1.67. The van der Waals surface area contributed by atoms with E-state index in [0.29, 0.717) is 46.5 Å². The number of hydrogen-bond acceptors (Lipinski definition) is 4. The van der Waals surface area contributed by atoms with Crippen LogP contribution in [-0.2, 0) is 11.3 Å². The van der Waals surface area contributed by atoms with Crippen molar-refractivity contribution in [1.82, 2.24) is 15.1 Å². The lowest BCUT2D eigenvalue weighted by atomic mass is 9.92. The summed E-state index contributed by atoms with van der Waals surface area (Å²) < 4.78 is 14.5. The van der Waals surface area contributed by atoms with Crippen molar-refractivity contribution in [2.45, 2.75) is 95.1 Å². The average molecular weight is 564 g/mol. The molecular weight excluding hydrogens is 521 g/mol. The van der Waals surface area contributed by atoms with Crippen molar-refractivity contribution in [2.24, 2.45) is 0 Å². The highest BCUT2D eigenvalue weighted by molar-refractivity contribution is 8.04. The zero-order valence-corrected chi connectivity index (χ0v) is 24.6. The lowest BCUT2D eigenvalue weighted by molar-refractivity contribution is -0.130. The summed E-state index contributed by atoms with van der Waals surface area (Å²) in [5.74, 6) is -0.366. The van der Waals surface area contributed by atoms with Gasteiger partial charge in [0.25, 0.3) is 11.8 Å². The summed E-state index contributed by atoms with van der Waals surface area (Å²) in [6.45, 7) is 6.57. The summed E-state index contributed by atoms with van der Waals surface area (Å²) in [6, 6.07) is 15.6. The van der Waals surface area contributed by atoms with Crippen LogP contribution in [0, 0.1) is 5.82 Å². The number of nitrogens with one attached hydrogen (secondary N) is 1. The second-order valence-corrected chi connectivity index (χ2v) is 12.9. The highest BCUT2D eigenvalue weighted by Crippen LogP contribution is 2.42. The van der Waals surface area contributed by atoms with E-state index in [2.05, 4.69) is 24.1 Å². The van der Waals surface area contributed by atoms with Gasteiger partial charge in [-0.2, -0.15) is 0 Å². The number of nitrogens with zero attached hydrogens (tertiary/aromatic N) is 2. The maximum atomic E-state index is 14.5. The Balaban J connectivity index is 1.20. The van der Waals surface area contributed by atoms with E-state index in [1.165, 1.54) is 25.3 Å². The summed E-state index contributed by atoms with van der Waals surface area (Å²) in [7, 11) is 0. The van der Waals surface area contributed by atoms with E-state index in [0.717, 1.165) is 44.2 Å². The molecule has 1 aliphatic carbocycles. The van der Waals surface area contributed by atoms with Crippen molar-refractivity contribution in [3.8, 4) is 0 Å². The largest absolute Gasteiger partial charge is 0.352 e. The van der Waals surface area contributed by atoms with E-state index in [1.54, 1.807) is 23.9 Å². The number of rotatable bonds is 8. The molecule has 5 rings (SSSR count). The van der Waals surface area contributed by atoms with Crippen LogP contribution in [0.15, 0.2) is 53.4 Å². The first-order valence-electron chi connectivity index (χ1n) is 15.0. The van der Waals surface area contributed by atoms with Gasteiger partial charge in [-0.15, -0.1) is 11.8 Å². The maximum absolute atomic E-state index is 14.5. The fourth-order valence-corrected chi connectivity index (χ4v) is 8.01. The highest BCUT2D eigenvalue weighted by atomic mass is 32.2. The van der Waals surface area contributed by atoms with E-state index in [-0.39, 0.29) is 23.7 Å². The molecule has 5 nitrogen and oxygen atoms in total. The molecule has 2 aromatic carbocycles. The lowest BCUT2D eigenvalue weighted by Crippen LogP contribution is -2.50. The number of fused-ring (bicyclic) bond motifs is 1. The molecule has 40 heavy (non-hydrogen) atoms. The van der Waals surface area contributed by atoms with Gasteiger partial charge < -0.3 is 10.2 Å². The molecule has 0 bridgehead atoms. The minimum atomic E-state index is -0.268. The Morgan fingerprint density at radius 2 is 1.73 bits per heavy atom. The zero-order chi connectivity index (χ0) is 28.1. The van der Waals surface area contributed by atoms with Gasteiger partial charge >= 0.3 is 0 Å². The van der Waals surface area contributed by atoms with Gasteiger partial charge in [0, 0.05) is 54.1 Å². The number of benzene rings is 2. The molecule has 2 amide bonds. The first kappa shape index (κ1) is 28.9. The van der Waals surface area contributed by atoms with Crippen molar-refractivity contribution in [2.75, 3.05) is 13.1 Å². The van der Waals surface area contributed by atoms with Gasteiger partial charge in [0.15, 0.2) is 0 Å². The summed E-state index contributed by atoms with van der Waals surface area (Å²) in [6.07, 6.45) is 11.0. The van der Waals surface area contributed by atoms with E-state index in [9.17, 15) is 14.0 Å². The van der Waals surface area contributed by atoms with Crippen LogP contribution in [0.2, 0.25) is 0 Å². The minimum Gasteiger partial charge on any atom is -0.352 e. The van der Waals surface area contributed by atoms with Gasteiger partial charge in [0.05, 0.1) is 4.91 Å². The topological polar surface area (TPSA) is 52.7 Å². The molecule has 0 radical (unpaired) electrons. The number of carbonyl (C=O) groups excluding carboxylic acids is 2. The van der Waals surface area contributed by atoms with Crippen LogP contribution in [0.5, 0.6) is 0 Å². The van der Waals surface area contributed by atoms with Gasteiger partial charge in [-0.25, -0.2) is 4.39 Å². The molecule has 4 atom stereocenters. The highest BCUT2D eigenvalue weighted by Gasteiger charge is 2.40. The van der Waals surface area contributed by atoms with E-state index < -0.39 is 0 Å². The van der Waals surface area contributed by atoms with Crippen molar-refractivity contribution in [3.63, 3.8) is 0 Å². The van der Waals surface area contributed by atoms with Gasteiger partial charge in [0.2, 0.25) is 0 Å². The quantitative estimate of drug-likeness (QED) is 0.289. The summed E-state index contributed by atoms with van der Waals surface area (Å²) in [5, 5.41) is 3.39.